The third kappa shape index (κ3) is 3.16. The molecule has 0 bridgehead atoms. The first-order chi connectivity index (χ1) is 13.7. The van der Waals surface area contributed by atoms with E-state index in [9.17, 15) is 4.79 Å². The van der Waals surface area contributed by atoms with Gasteiger partial charge in [-0.15, -0.1) is 0 Å². The van der Waals surface area contributed by atoms with E-state index in [0.717, 1.165) is 17.7 Å². The van der Waals surface area contributed by atoms with Crippen LogP contribution in [0, 0.1) is 0 Å². The molecule has 3 N–H and O–H groups in total. The van der Waals surface area contributed by atoms with Crippen LogP contribution < -0.4 is 26.1 Å². The zero-order valence-electron chi connectivity index (χ0n) is 15.4. The molecular formula is C19H20N6O3. The number of anilines is 1. The molecule has 0 aliphatic carbocycles. The van der Waals surface area contributed by atoms with E-state index in [1.54, 1.807) is 25.4 Å². The molecular weight excluding hydrogens is 360 g/mol. The molecule has 0 saturated carbocycles. The summed E-state index contributed by atoms with van der Waals surface area (Å²) in [6.07, 6.45) is 3.09. The van der Waals surface area contributed by atoms with Crippen molar-refractivity contribution in [1.82, 2.24) is 14.5 Å². The first-order valence-corrected chi connectivity index (χ1v) is 8.90. The van der Waals surface area contributed by atoms with Gasteiger partial charge >= 0.3 is 0 Å². The quantitative estimate of drug-likeness (QED) is 0.677. The molecule has 1 aromatic carbocycles. The monoisotopic (exact) mass is 380 g/mol. The number of rotatable bonds is 5. The highest BCUT2D eigenvalue weighted by molar-refractivity contribution is 5.96. The second kappa shape index (κ2) is 7.65. The van der Waals surface area contributed by atoms with Gasteiger partial charge in [0.05, 0.1) is 12.7 Å². The Labute approximate surface area is 160 Å². The molecule has 1 aliphatic heterocycles. The van der Waals surface area contributed by atoms with Crippen LogP contribution in [-0.2, 0) is 6.54 Å². The highest BCUT2D eigenvalue weighted by atomic mass is 16.5. The summed E-state index contributed by atoms with van der Waals surface area (Å²) in [4.78, 5) is 25.4. The summed E-state index contributed by atoms with van der Waals surface area (Å²) in [5.41, 5.74) is 6.80. The molecule has 9 nitrogen and oxygen atoms in total. The fraction of sp³-hybridized carbons (Fsp3) is 0.263. The smallest absolute Gasteiger partial charge is 0.281 e. The van der Waals surface area contributed by atoms with Gasteiger partial charge in [-0.25, -0.2) is 4.98 Å². The van der Waals surface area contributed by atoms with Gasteiger partial charge in [0.15, 0.2) is 11.5 Å². The first kappa shape index (κ1) is 17.9. The molecule has 28 heavy (non-hydrogen) atoms. The molecule has 4 rings (SSSR count). The molecule has 0 radical (unpaired) electrons. The minimum absolute atomic E-state index is 0.302. The van der Waals surface area contributed by atoms with E-state index in [0.29, 0.717) is 47.9 Å². The van der Waals surface area contributed by atoms with Gasteiger partial charge in [-0.05, 0) is 24.3 Å². The SMILES string of the molecule is COc1c(OCCN)ccc2c3n(c(=NC(=O)c4cccnc4)nc12)CCN3. The fourth-order valence-corrected chi connectivity index (χ4v) is 3.16. The largest absolute Gasteiger partial charge is 0.491 e. The lowest BCUT2D eigenvalue weighted by Crippen LogP contribution is -2.25. The van der Waals surface area contributed by atoms with Crippen molar-refractivity contribution in [3.8, 4) is 11.5 Å². The Morgan fingerprint density at radius 2 is 2.29 bits per heavy atom. The zero-order valence-corrected chi connectivity index (χ0v) is 15.4. The van der Waals surface area contributed by atoms with E-state index < -0.39 is 5.91 Å². The third-order valence-corrected chi connectivity index (χ3v) is 4.39. The standard InChI is InChI=1S/C19H20N6O3/c1-27-16-14(28-10-6-20)5-4-13-15(16)23-19(25-9-8-22-17(13)25)24-18(26)12-3-2-7-21-11-12/h2-5,7,11,22H,6,8-10,20H2,1H3. The molecule has 9 heteroatoms. The maximum atomic E-state index is 12.6. The van der Waals surface area contributed by atoms with Crippen molar-refractivity contribution in [2.75, 3.05) is 32.1 Å². The Morgan fingerprint density at radius 3 is 3.04 bits per heavy atom. The van der Waals surface area contributed by atoms with Gasteiger partial charge in [0.25, 0.3) is 5.91 Å². The Balaban J connectivity index is 1.92. The molecule has 0 unspecified atom stereocenters. The van der Waals surface area contributed by atoms with Crippen LogP contribution in [0.3, 0.4) is 0 Å². The summed E-state index contributed by atoms with van der Waals surface area (Å²) in [5, 5.41) is 4.20. The van der Waals surface area contributed by atoms with E-state index in [-0.39, 0.29) is 0 Å². The van der Waals surface area contributed by atoms with Gasteiger partial charge in [0, 0.05) is 37.4 Å². The van der Waals surface area contributed by atoms with Crippen LogP contribution in [-0.4, -0.2) is 47.2 Å². The molecule has 144 valence electrons. The normalized spacial score (nSPS) is 13.3. The Bertz CT molecular complexity index is 1090. The van der Waals surface area contributed by atoms with Crippen LogP contribution >= 0.6 is 0 Å². The minimum atomic E-state index is -0.406. The van der Waals surface area contributed by atoms with E-state index in [1.165, 1.54) is 6.20 Å². The van der Waals surface area contributed by atoms with Crippen LogP contribution in [0.2, 0.25) is 0 Å². The molecule has 3 heterocycles. The number of hydrogen-bond donors (Lipinski definition) is 2. The van der Waals surface area contributed by atoms with Crippen molar-refractivity contribution in [1.29, 1.82) is 0 Å². The first-order valence-electron chi connectivity index (χ1n) is 8.90. The molecule has 0 atom stereocenters. The number of carbonyl (C=O) groups is 1. The van der Waals surface area contributed by atoms with Crippen LogP contribution in [0.5, 0.6) is 11.5 Å². The summed E-state index contributed by atoms with van der Waals surface area (Å²) < 4.78 is 13.1. The summed E-state index contributed by atoms with van der Waals surface area (Å²) in [7, 11) is 1.55. The average Bonchev–Trinajstić information content (AvgIpc) is 3.23. The van der Waals surface area contributed by atoms with E-state index in [1.807, 2.05) is 16.7 Å². The predicted molar refractivity (Wildman–Crippen MR) is 103 cm³/mol. The number of hydrogen-bond acceptors (Lipinski definition) is 7. The lowest BCUT2D eigenvalue weighted by molar-refractivity contribution is 0.0996. The maximum absolute atomic E-state index is 12.6. The second-order valence-corrected chi connectivity index (χ2v) is 6.13. The fourth-order valence-electron chi connectivity index (χ4n) is 3.16. The van der Waals surface area contributed by atoms with Crippen LogP contribution in [0.4, 0.5) is 5.82 Å². The van der Waals surface area contributed by atoms with Crippen LogP contribution in [0.25, 0.3) is 10.9 Å². The number of benzene rings is 1. The van der Waals surface area contributed by atoms with E-state index in [4.69, 9.17) is 15.2 Å². The highest BCUT2D eigenvalue weighted by Gasteiger charge is 2.20. The van der Waals surface area contributed by atoms with Crippen molar-refractivity contribution in [2.24, 2.45) is 10.7 Å². The molecule has 1 amide bonds. The lowest BCUT2D eigenvalue weighted by atomic mass is 10.2. The number of aromatic nitrogens is 3. The lowest BCUT2D eigenvalue weighted by Gasteiger charge is -2.14. The number of nitrogens with two attached hydrogens (primary N) is 1. The molecule has 3 aromatic rings. The number of amides is 1. The summed E-state index contributed by atoms with van der Waals surface area (Å²) >= 11 is 0. The minimum Gasteiger partial charge on any atom is -0.491 e. The number of nitrogens with one attached hydrogen (secondary N) is 1. The summed E-state index contributed by atoms with van der Waals surface area (Å²) in [6.45, 7) is 2.12. The topological polar surface area (TPSA) is 117 Å². The summed E-state index contributed by atoms with van der Waals surface area (Å²) in [5.74, 6) is 1.45. The van der Waals surface area contributed by atoms with E-state index in [2.05, 4.69) is 20.3 Å². The van der Waals surface area contributed by atoms with Crippen molar-refractivity contribution < 1.29 is 14.3 Å². The van der Waals surface area contributed by atoms with Crippen LogP contribution in [0.15, 0.2) is 41.7 Å². The number of pyridine rings is 1. The van der Waals surface area contributed by atoms with Gasteiger partial charge in [0.2, 0.25) is 5.62 Å². The Hall–Kier alpha value is -3.46. The Kier molecular flexibility index (Phi) is 4.90. The summed E-state index contributed by atoms with van der Waals surface area (Å²) in [6, 6.07) is 7.10. The number of fused-ring (bicyclic) bond motifs is 3. The highest BCUT2D eigenvalue weighted by Crippen LogP contribution is 2.37. The van der Waals surface area contributed by atoms with Crippen molar-refractivity contribution in [3.05, 3.63) is 47.8 Å². The second-order valence-electron chi connectivity index (χ2n) is 6.13. The van der Waals surface area contributed by atoms with E-state index >= 15 is 0 Å². The Morgan fingerprint density at radius 1 is 1.39 bits per heavy atom. The zero-order chi connectivity index (χ0) is 19.5. The number of carbonyl (C=O) groups excluding carboxylic acids is 1. The average molecular weight is 380 g/mol. The van der Waals surface area contributed by atoms with Gasteiger partial charge in [-0.2, -0.15) is 4.99 Å². The van der Waals surface area contributed by atoms with Gasteiger partial charge in [-0.1, -0.05) is 0 Å². The molecule has 1 aliphatic rings. The molecule has 0 spiro atoms. The predicted octanol–water partition coefficient (Wildman–Crippen LogP) is 0.944. The van der Waals surface area contributed by atoms with Gasteiger partial charge < -0.3 is 20.5 Å². The van der Waals surface area contributed by atoms with Crippen molar-refractivity contribution >= 4 is 22.6 Å². The van der Waals surface area contributed by atoms with Gasteiger partial charge in [0.1, 0.15) is 17.9 Å². The van der Waals surface area contributed by atoms with Gasteiger partial charge in [-0.3, -0.25) is 14.3 Å². The third-order valence-electron chi connectivity index (χ3n) is 4.39. The number of ether oxygens (including phenoxy) is 2. The number of nitrogens with zero attached hydrogens (tertiary/aromatic N) is 4. The van der Waals surface area contributed by atoms with Crippen LogP contribution in [0.1, 0.15) is 10.4 Å². The van der Waals surface area contributed by atoms with Crippen molar-refractivity contribution in [3.63, 3.8) is 0 Å². The van der Waals surface area contributed by atoms with Crippen molar-refractivity contribution in [2.45, 2.75) is 6.54 Å². The molecule has 0 saturated heterocycles. The molecule has 2 aromatic heterocycles. The number of methoxy groups -OCH3 is 1. The molecule has 0 fully saturated rings. The maximum Gasteiger partial charge on any atom is 0.281 e.